The predicted molar refractivity (Wildman–Crippen MR) is 65.6 cm³/mol. The lowest BCUT2D eigenvalue weighted by molar-refractivity contribution is 0.313. The van der Waals surface area contributed by atoms with Gasteiger partial charge >= 0.3 is 5.69 Å². The summed E-state index contributed by atoms with van der Waals surface area (Å²) in [6, 6.07) is 0.0842. The molecule has 0 radical (unpaired) electrons. The van der Waals surface area contributed by atoms with Crippen molar-refractivity contribution in [2.75, 3.05) is 0 Å². The van der Waals surface area contributed by atoms with E-state index in [1.807, 2.05) is 0 Å². The summed E-state index contributed by atoms with van der Waals surface area (Å²) in [6.07, 6.45) is 4.52. The molecule has 2 bridgehead atoms. The number of nitrogens with one attached hydrogen (secondary N) is 1. The second-order valence-electron chi connectivity index (χ2n) is 5.29. The van der Waals surface area contributed by atoms with Crippen LogP contribution >= 0.6 is 11.6 Å². The molecule has 92 valence electrons. The fourth-order valence-electron chi connectivity index (χ4n) is 3.44. The Bertz CT molecular complexity index is 575. The molecule has 0 aromatic carbocycles. The van der Waals surface area contributed by atoms with Crippen LogP contribution in [-0.2, 0) is 0 Å². The Labute approximate surface area is 104 Å². The molecule has 2 fully saturated rings. The van der Waals surface area contributed by atoms with Crippen molar-refractivity contribution in [2.24, 2.45) is 11.8 Å². The monoisotopic (exact) mass is 254 g/mol. The second-order valence-corrected chi connectivity index (χ2v) is 5.66. The number of rotatable bonds is 1. The van der Waals surface area contributed by atoms with Crippen LogP contribution in [0.4, 0.5) is 0 Å². The minimum Gasteiger partial charge on any atom is -0.297 e. The predicted octanol–water partition coefficient (Wildman–Crippen LogP) is 1.86. The van der Waals surface area contributed by atoms with Gasteiger partial charge in [-0.2, -0.15) is 0 Å². The van der Waals surface area contributed by atoms with E-state index in [4.69, 9.17) is 11.6 Å². The SMILES string of the molecule is Cc1c(Cl)[nH]c(=O)n(C2CC3CCC2C3)c1=O. The highest BCUT2D eigenvalue weighted by Crippen LogP contribution is 2.49. The lowest BCUT2D eigenvalue weighted by Crippen LogP contribution is -2.41. The fraction of sp³-hybridized carbons (Fsp3) is 0.667. The molecule has 0 amide bonds. The standard InChI is InChI=1S/C12H15ClN2O2/c1-6-10(13)14-12(17)15(11(6)16)9-5-7-2-3-8(9)4-7/h7-9H,2-5H2,1H3,(H,14,17). The van der Waals surface area contributed by atoms with E-state index in [9.17, 15) is 9.59 Å². The lowest BCUT2D eigenvalue weighted by Gasteiger charge is -2.23. The molecule has 3 atom stereocenters. The summed E-state index contributed by atoms with van der Waals surface area (Å²) >= 11 is 5.81. The number of hydrogen-bond acceptors (Lipinski definition) is 2. The van der Waals surface area contributed by atoms with Crippen molar-refractivity contribution >= 4 is 11.6 Å². The van der Waals surface area contributed by atoms with E-state index in [0.29, 0.717) is 17.4 Å². The maximum Gasteiger partial charge on any atom is 0.329 e. The molecule has 2 saturated carbocycles. The van der Waals surface area contributed by atoms with E-state index in [-0.39, 0.29) is 22.4 Å². The molecule has 0 spiro atoms. The third kappa shape index (κ3) is 1.58. The summed E-state index contributed by atoms with van der Waals surface area (Å²) in [5.41, 5.74) is -0.145. The Kier molecular flexibility index (Phi) is 2.43. The molecule has 1 N–H and O–H groups in total. The lowest BCUT2D eigenvalue weighted by atomic mass is 9.95. The van der Waals surface area contributed by atoms with Crippen LogP contribution < -0.4 is 11.2 Å². The van der Waals surface area contributed by atoms with Gasteiger partial charge in [0.05, 0.1) is 0 Å². The van der Waals surface area contributed by atoms with Crippen molar-refractivity contribution in [1.29, 1.82) is 0 Å². The summed E-state index contributed by atoms with van der Waals surface area (Å²) in [5, 5.41) is 0.166. The average Bonchev–Trinajstić information content (AvgIpc) is 2.88. The van der Waals surface area contributed by atoms with E-state index in [2.05, 4.69) is 4.98 Å². The Morgan fingerprint density at radius 1 is 1.29 bits per heavy atom. The van der Waals surface area contributed by atoms with Crippen LogP contribution in [0.5, 0.6) is 0 Å². The first kappa shape index (κ1) is 11.1. The molecule has 17 heavy (non-hydrogen) atoms. The summed E-state index contributed by atoms with van der Waals surface area (Å²) in [7, 11) is 0. The highest BCUT2D eigenvalue weighted by molar-refractivity contribution is 6.30. The molecule has 1 aromatic heterocycles. The van der Waals surface area contributed by atoms with Crippen LogP contribution in [0.25, 0.3) is 0 Å². The largest absolute Gasteiger partial charge is 0.329 e. The highest BCUT2D eigenvalue weighted by Gasteiger charge is 2.41. The quantitative estimate of drug-likeness (QED) is 0.778. The van der Waals surface area contributed by atoms with E-state index in [0.717, 1.165) is 19.3 Å². The zero-order chi connectivity index (χ0) is 12.2. The Balaban J connectivity index is 2.13. The van der Waals surface area contributed by atoms with Gasteiger partial charge in [0.2, 0.25) is 0 Å². The molecule has 0 saturated heterocycles. The van der Waals surface area contributed by atoms with Crippen molar-refractivity contribution in [3.05, 3.63) is 31.6 Å². The van der Waals surface area contributed by atoms with Gasteiger partial charge in [-0.15, -0.1) is 0 Å². The minimum absolute atomic E-state index is 0.0842. The summed E-state index contributed by atoms with van der Waals surface area (Å²) < 4.78 is 1.39. The molecule has 3 unspecified atom stereocenters. The number of fused-ring (bicyclic) bond motifs is 2. The molecule has 2 aliphatic rings. The normalized spacial score (nSPS) is 31.1. The van der Waals surface area contributed by atoms with Crippen molar-refractivity contribution < 1.29 is 0 Å². The highest BCUT2D eigenvalue weighted by atomic mass is 35.5. The molecular formula is C12H15ClN2O2. The van der Waals surface area contributed by atoms with E-state index < -0.39 is 0 Å². The van der Waals surface area contributed by atoms with Gasteiger partial charge in [-0.3, -0.25) is 14.3 Å². The number of aromatic nitrogens is 2. The Morgan fingerprint density at radius 2 is 2.06 bits per heavy atom. The molecule has 1 heterocycles. The summed E-state index contributed by atoms with van der Waals surface area (Å²) in [5.74, 6) is 1.20. The topological polar surface area (TPSA) is 54.9 Å². The first-order valence-electron chi connectivity index (χ1n) is 6.09. The first-order valence-corrected chi connectivity index (χ1v) is 6.46. The Hall–Kier alpha value is -1.03. The third-order valence-corrected chi connectivity index (χ3v) is 4.71. The van der Waals surface area contributed by atoms with Crippen LogP contribution in [0.2, 0.25) is 5.15 Å². The van der Waals surface area contributed by atoms with Gasteiger partial charge in [0.1, 0.15) is 5.15 Å². The van der Waals surface area contributed by atoms with Crippen LogP contribution in [0.3, 0.4) is 0 Å². The molecule has 5 heteroatoms. The van der Waals surface area contributed by atoms with Gasteiger partial charge < -0.3 is 0 Å². The number of hydrogen-bond donors (Lipinski definition) is 1. The van der Waals surface area contributed by atoms with E-state index >= 15 is 0 Å². The van der Waals surface area contributed by atoms with Crippen molar-refractivity contribution in [3.8, 4) is 0 Å². The van der Waals surface area contributed by atoms with Gasteiger partial charge in [-0.1, -0.05) is 18.0 Å². The zero-order valence-corrected chi connectivity index (χ0v) is 10.5. The van der Waals surface area contributed by atoms with Gasteiger partial charge in [-0.25, -0.2) is 4.79 Å². The van der Waals surface area contributed by atoms with E-state index in [1.54, 1.807) is 6.92 Å². The van der Waals surface area contributed by atoms with Crippen LogP contribution in [0.15, 0.2) is 9.59 Å². The van der Waals surface area contributed by atoms with Gasteiger partial charge in [0, 0.05) is 11.6 Å². The zero-order valence-electron chi connectivity index (χ0n) is 9.70. The number of nitrogens with zero attached hydrogens (tertiary/aromatic N) is 1. The molecule has 3 rings (SSSR count). The van der Waals surface area contributed by atoms with Gasteiger partial charge in [0.25, 0.3) is 5.56 Å². The molecule has 4 nitrogen and oxygen atoms in total. The number of H-pyrrole nitrogens is 1. The third-order valence-electron chi connectivity index (χ3n) is 4.34. The van der Waals surface area contributed by atoms with Gasteiger partial charge in [0.15, 0.2) is 0 Å². The summed E-state index contributed by atoms with van der Waals surface area (Å²) in [4.78, 5) is 26.6. The number of halogens is 1. The fourth-order valence-corrected chi connectivity index (χ4v) is 3.60. The van der Waals surface area contributed by atoms with E-state index in [1.165, 1.54) is 11.0 Å². The molecular weight excluding hydrogens is 240 g/mol. The second kappa shape index (κ2) is 3.73. The van der Waals surface area contributed by atoms with Crippen molar-refractivity contribution in [3.63, 3.8) is 0 Å². The molecule has 2 aliphatic carbocycles. The van der Waals surface area contributed by atoms with Crippen molar-refractivity contribution in [1.82, 2.24) is 9.55 Å². The molecule has 1 aromatic rings. The minimum atomic E-state index is -0.358. The van der Waals surface area contributed by atoms with Crippen LogP contribution in [0, 0.1) is 18.8 Å². The number of aromatic amines is 1. The van der Waals surface area contributed by atoms with Crippen LogP contribution in [0.1, 0.15) is 37.3 Å². The molecule has 0 aliphatic heterocycles. The maximum absolute atomic E-state index is 12.1. The van der Waals surface area contributed by atoms with Gasteiger partial charge in [-0.05, 0) is 38.0 Å². The van der Waals surface area contributed by atoms with Crippen LogP contribution in [-0.4, -0.2) is 9.55 Å². The smallest absolute Gasteiger partial charge is 0.297 e. The first-order chi connectivity index (χ1) is 8.08. The average molecular weight is 255 g/mol. The van der Waals surface area contributed by atoms with Crippen molar-refractivity contribution in [2.45, 2.75) is 38.6 Å². The summed E-state index contributed by atoms with van der Waals surface area (Å²) in [6.45, 7) is 1.66. The maximum atomic E-state index is 12.1. The Morgan fingerprint density at radius 3 is 2.65 bits per heavy atom.